The summed E-state index contributed by atoms with van der Waals surface area (Å²) in [7, 11) is 0. The summed E-state index contributed by atoms with van der Waals surface area (Å²) >= 11 is 0. The predicted octanol–water partition coefficient (Wildman–Crippen LogP) is 2.21. The van der Waals surface area contributed by atoms with Crippen molar-refractivity contribution in [3.05, 3.63) is 27.9 Å². The average Bonchev–Trinajstić information content (AvgIpc) is 2.41. The standard InChI is InChI=1S/C13H19N3O3/c1-10-8-12(16(17)18)13(15-9-10)19-7-5-11-4-2-3-6-14-11/h8-9,11,14H,2-7H2,1H3. The summed E-state index contributed by atoms with van der Waals surface area (Å²) in [5.74, 6) is 0.117. The molecule has 2 heterocycles. The Hall–Kier alpha value is -1.69. The van der Waals surface area contributed by atoms with Gasteiger partial charge in [-0.3, -0.25) is 10.1 Å². The van der Waals surface area contributed by atoms with Crippen molar-refractivity contribution in [1.82, 2.24) is 10.3 Å². The molecule has 1 fully saturated rings. The van der Waals surface area contributed by atoms with Crippen LogP contribution in [-0.2, 0) is 0 Å². The zero-order valence-electron chi connectivity index (χ0n) is 11.1. The van der Waals surface area contributed by atoms with Crippen molar-refractivity contribution in [3.8, 4) is 5.88 Å². The molecule has 1 aliphatic rings. The third kappa shape index (κ3) is 3.89. The smallest absolute Gasteiger partial charge is 0.331 e. The van der Waals surface area contributed by atoms with Gasteiger partial charge in [-0.05, 0) is 38.3 Å². The molecule has 1 aromatic rings. The lowest BCUT2D eigenvalue weighted by atomic mass is 10.0. The van der Waals surface area contributed by atoms with Gasteiger partial charge in [-0.15, -0.1) is 0 Å². The van der Waals surface area contributed by atoms with Crippen LogP contribution >= 0.6 is 0 Å². The van der Waals surface area contributed by atoms with Crippen LogP contribution in [0.5, 0.6) is 5.88 Å². The monoisotopic (exact) mass is 265 g/mol. The largest absolute Gasteiger partial charge is 0.473 e. The minimum absolute atomic E-state index is 0.0587. The van der Waals surface area contributed by atoms with Crippen molar-refractivity contribution in [1.29, 1.82) is 0 Å². The number of nitrogens with zero attached hydrogens (tertiary/aromatic N) is 2. The molecule has 1 aromatic heterocycles. The minimum Gasteiger partial charge on any atom is -0.473 e. The van der Waals surface area contributed by atoms with Gasteiger partial charge in [0.15, 0.2) is 0 Å². The van der Waals surface area contributed by atoms with Crippen LogP contribution in [-0.4, -0.2) is 29.1 Å². The van der Waals surface area contributed by atoms with E-state index >= 15 is 0 Å². The molecule has 1 N–H and O–H groups in total. The molecule has 6 nitrogen and oxygen atoms in total. The van der Waals surface area contributed by atoms with Crippen molar-refractivity contribution in [2.45, 2.75) is 38.6 Å². The van der Waals surface area contributed by atoms with Gasteiger partial charge >= 0.3 is 5.69 Å². The second kappa shape index (κ2) is 6.47. The second-order valence-corrected chi connectivity index (χ2v) is 4.88. The van der Waals surface area contributed by atoms with Crippen molar-refractivity contribution in [3.63, 3.8) is 0 Å². The lowest BCUT2D eigenvalue weighted by molar-refractivity contribution is -0.386. The number of nitrogens with one attached hydrogen (secondary N) is 1. The fourth-order valence-corrected chi connectivity index (χ4v) is 2.25. The first-order valence-electron chi connectivity index (χ1n) is 6.64. The molecule has 6 heteroatoms. The summed E-state index contributed by atoms with van der Waals surface area (Å²) in [6.07, 6.45) is 6.05. The first-order valence-corrected chi connectivity index (χ1v) is 6.64. The molecule has 104 valence electrons. The molecular formula is C13H19N3O3. The SMILES string of the molecule is Cc1cnc(OCCC2CCCCN2)c([N+](=O)[O-])c1. The minimum atomic E-state index is -0.450. The van der Waals surface area contributed by atoms with Crippen LogP contribution in [0.3, 0.4) is 0 Å². The fraction of sp³-hybridized carbons (Fsp3) is 0.615. The van der Waals surface area contributed by atoms with Crippen LogP contribution < -0.4 is 10.1 Å². The summed E-state index contributed by atoms with van der Waals surface area (Å²) in [5, 5.41) is 14.3. The number of ether oxygens (including phenoxy) is 1. The van der Waals surface area contributed by atoms with E-state index in [1.165, 1.54) is 18.9 Å². The molecule has 19 heavy (non-hydrogen) atoms. The number of hydrogen-bond donors (Lipinski definition) is 1. The molecule has 1 unspecified atom stereocenters. The zero-order valence-corrected chi connectivity index (χ0v) is 11.1. The summed E-state index contributed by atoms with van der Waals surface area (Å²) in [6, 6.07) is 1.94. The fourth-order valence-electron chi connectivity index (χ4n) is 2.25. The summed E-state index contributed by atoms with van der Waals surface area (Å²) in [4.78, 5) is 14.5. The number of rotatable bonds is 5. The molecule has 0 aromatic carbocycles. The number of aryl methyl sites for hydroxylation is 1. The summed E-state index contributed by atoms with van der Waals surface area (Å²) in [6.45, 7) is 3.28. The van der Waals surface area contributed by atoms with Gasteiger partial charge in [0.05, 0.1) is 11.5 Å². The highest BCUT2D eigenvalue weighted by atomic mass is 16.6. The third-order valence-electron chi connectivity index (χ3n) is 3.28. The van der Waals surface area contributed by atoms with Gasteiger partial charge in [0.2, 0.25) is 0 Å². The molecular weight excluding hydrogens is 246 g/mol. The van der Waals surface area contributed by atoms with Crippen LogP contribution in [0.15, 0.2) is 12.3 Å². The van der Waals surface area contributed by atoms with Crippen molar-refractivity contribution >= 4 is 5.69 Å². The molecule has 1 atom stereocenters. The third-order valence-corrected chi connectivity index (χ3v) is 3.28. The van der Waals surface area contributed by atoms with Gasteiger partial charge in [0, 0.05) is 18.3 Å². The maximum absolute atomic E-state index is 10.9. The van der Waals surface area contributed by atoms with Gasteiger partial charge in [-0.25, -0.2) is 4.98 Å². The number of pyridine rings is 1. The van der Waals surface area contributed by atoms with Crippen LogP contribution in [0.2, 0.25) is 0 Å². The number of hydrogen-bond acceptors (Lipinski definition) is 5. The van der Waals surface area contributed by atoms with Crippen LogP contribution in [0.4, 0.5) is 5.69 Å². The molecule has 0 saturated carbocycles. The lowest BCUT2D eigenvalue weighted by Crippen LogP contribution is -2.35. The highest BCUT2D eigenvalue weighted by molar-refractivity contribution is 5.42. The number of aromatic nitrogens is 1. The normalized spacial score (nSPS) is 19.1. The van der Waals surface area contributed by atoms with E-state index in [9.17, 15) is 10.1 Å². The van der Waals surface area contributed by atoms with E-state index in [1.807, 2.05) is 0 Å². The second-order valence-electron chi connectivity index (χ2n) is 4.88. The molecule has 0 bridgehead atoms. The Balaban J connectivity index is 1.89. The highest BCUT2D eigenvalue weighted by Gasteiger charge is 2.18. The Morgan fingerprint density at radius 2 is 2.42 bits per heavy atom. The zero-order chi connectivity index (χ0) is 13.7. The van der Waals surface area contributed by atoms with Gasteiger partial charge < -0.3 is 10.1 Å². The number of nitro groups is 1. The van der Waals surface area contributed by atoms with Crippen molar-refractivity contribution in [2.24, 2.45) is 0 Å². The quantitative estimate of drug-likeness (QED) is 0.652. The molecule has 0 aliphatic carbocycles. The van der Waals surface area contributed by atoms with Crippen LogP contribution in [0.1, 0.15) is 31.2 Å². The molecule has 0 amide bonds. The highest BCUT2D eigenvalue weighted by Crippen LogP contribution is 2.25. The Morgan fingerprint density at radius 1 is 1.58 bits per heavy atom. The van der Waals surface area contributed by atoms with Gasteiger partial charge in [0.25, 0.3) is 5.88 Å². The summed E-state index contributed by atoms with van der Waals surface area (Å²) in [5.41, 5.74) is 0.699. The van der Waals surface area contributed by atoms with Gasteiger partial charge in [-0.1, -0.05) is 6.42 Å². The Labute approximate surface area is 112 Å². The molecule has 1 saturated heterocycles. The summed E-state index contributed by atoms with van der Waals surface area (Å²) < 4.78 is 5.46. The van der Waals surface area contributed by atoms with E-state index in [0.29, 0.717) is 12.6 Å². The van der Waals surface area contributed by atoms with E-state index in [4.69, 9.17) is 4.74 Å². The molecule has 0 radical (unpaired) electrons. The Bertz CT molecular complexity index is 445. The van der Waals surface area contributed by atoms with Gasteiger partial charge in [0.1, 0.15) is 0 Å². The molecule has 0 spiro atoms. The maximum Gasteiger partial charge on any atom is 0.331 e. The molecule has 2 rings (SSSR count). The maximum atomic E-state index is 10.9. The van der Waals surface area contributed by atoms with Crippen LogP contribution in [0.25, 0.3) is 0 Å². The van der Waals surface area contributed by atoms with E-state index in [1.54, 1.807) is 13.1 Å². The number of piperidine rings is 1. The van der Waals surface area contributed by atoms with Crippen LogP contribution in [0, 0.1) is 17.0 Å². The van der Waals surface area contributed by atoms with E-state index in [2.05, 4.69) is 10.3 Å². The van der Waals surface area contributed by atoms with E-state index in [0.717, 1.165) is 24.9 Å². The van der Waals surface area contributed by atoms with Crippen molar-refractivity contribution < 1.29 is 9.66 Å². The Morgan fingerprint density at radius 3 is 3.11 bits per heavy atom. The van der Waals surface area contributed by atoms with E-state index < -0.39 is 4.92 Å². The average molecular weight is 265 g/mol. The lowest BCUT2D eigenvalue weighted by Gasteiger charge is -2.23. The first-order chi connectivity index (χ1) is 9.16. The molecule has 1 aliphatic heterocycles. The Kier molecular flexibility index (Phi) is 4.68. The van der Waals surface area contributed by atoms with Crippen molar-refractivity contribution in [2.75, 3.05) is 13.2 Å². The van der Waals surface area contributed by atoms with Gasteiger partial charge in [-0.2, -0.15) is 0 Å². The predicted molar refractivity (Wildman–Crippen MR) is 71.4 cm³/mol. The topological polar surface area (TPSA) is 77.3 Å². The first kappa shape index (κ1) is 13.7. The van der Waals surface area contributed by atoms with E-state index in [-0.39, 0.29) is 11.6 Å².